The average Bonchev–Trinajstić information content (AvgIpc) is 3.46. The largest absolute Gasteiger partial charge is 0.493 e. The van der Waals surface area contributed by atoms with Crippen LogP contribution in [-0.2, 0) is 24.3 Å². The van der Waals surface area contributed by atoms with Crippen LogP contribution in [0.5, 0.6) is 5.75 Å². The van der Waals surface area contributed by atoms with E-state index in [4.69, 9.17) is 9.72 Å². The number of hydrogen-bond acceptors (Lipinski definition) is 6. The Labute approximate surface area is 199 Å². The molecule has 7 heteroatoms. The van der Waals surface area contributed by atoms with E-state index in [0.717, 1.165) is 74.6 Å². The van der Waals surface area contributed by atoms with Crippen molar-refractivity contribution in [3.8, 4) is 5.75 Å². The molecular weight excluding hydrogens is 432 g/mol. The molecule has 2 aromatic carbocycles. The molecule has 1 fully saturated rings. The fourth-order valence-corrected chi connectivity index (χ4v) is 5.40. The molecule has 3 aromatic rings. The van der Waals surface area contributed by atoms with Gasteiger partial charge in [0.1, 0.15) is 5.75 Å². The van der Waals surface area contributed by atoms with Gasteiger partial charge in [-0.1, -0.05) is 29.8 Å². The number of carbonyl (C=O) groups excluding carboxylic acids is 1. The number of carbonyl (C=O) groups is 1. The number of anilines is 2. The number of thiazole rings is 1. The summed E-state index contributed by atoms with van der Waals surface area (Å²) in [7, 11) is 0. The van der Waals surface area contributed by atoms with Crippen LogP contribution >= 0.6 is 11.3 Å². The number of piperazine rings is 1. The van der Waals surface area contributed by atoms with Crippen LogP contribution in [0.25, 0.3) is 0 Å². The van der Waals surface area contributed by atoms with Gasteiger partial charge < -0.3 is 4.74 Å². The van der Waals surface area contributed by atoms with Gasteiger partial charge in [0, 0.05) is 58.0 Å². The molecular formula is C26H30N4O2S. The van der Waals surface area contributed by atoms with Gasteiger partial charge in [0.15, 0.2) is 5.13 Å². The standard InChI is InChI=1S/C26H30N4O2S/c1-19-3-6-24(7-4-19)30(20(2)31)26-27-23(18-33-26)17-29-12-10-28(11-13-29)16-21-5-8-25-22(15-21)9-14-32-25/h3-8,15,18H,9-14,16-17H2,1-2H3. The van der Waals surface area contributed by atoms with Crippen LogP contribution in [0, 0.1) is 6.92 Å². The van der Waals surface area contributed by atoms with Crippen LogP contribution in [-0.4, -0.2) is 53.5 Å². The van der Waals surface area contributed by atoms with Gasteiger partial charge >= 0.3 is 0 Å². The fraction of sp³-hybridized carbons (Fsp3) is 0.385. The Morgan fingerprint density at radius 3 is 2.52 bits per heavy atom. The zero-order valence-corrected chi connectivity index (χ0v) is 20.1. The van der Waals surface area contributed by atoms with E-state index in [0.29, 0.717) is 0 Å². The Hall–Kier alpha value is -2.74. The van der Waals surface area contributed by atoms with E-state index < -0.39 is 0 Å². The first-order valence-electron chi connectivity index (χ1n) is 11.6. The number of fused-ring (bicyclic) bond motifs is 1. The maximum atomic E-state index is 12.3. The SMILES string of the molecule is CC(=O)N(c1ccc(C)cc1)c1nc(CN2CCN(Cc3ccc4c(c3)CCO4)CC2)cs1. The Kier molecular flexibility index (Phi) is 6.44. The lowest BCUT2D eigenvalue weighted by Gasteiger charge is -2.34. The molecule has 0 unspecified atom stereocenters. The van der Waals surface area contributed by atoms with Crippen molar-refractivity contribution >= 4 is 28.1 Å². The van der Waals surface area contributed by atoms with Gasteiger partial charge in [0.05, 0.1) is 18.0 Å². The van der Waals surface area contributed by atoms with Gasteiger partial charge in [-0.15, -0.1) is 11.3 Å². The van der Waals surface area contributed by atoms with Crippen molar-refractivity contribution in [3.05, 3.63) is 70.2 Å². The minimum absolute atomic E-state index is 0.0218. The molecule has 1 amide bonds. The third kappa shape index (κ3) is 5.11. The first-order chi connectivity index (χ1) is 16.0. The van der Waals surface area contributed by atoms with E-state index in [2.05, 4.69) is 33.4 Å². The van der Waals surface area contributed by atoms with Crippen LogP contribution in [0.15, 0.2) is 47.8 Å². The molecule has 2 aliphatic heterocycles. The molecule has 0 bridgehead atoms. The number of aromatic nitrogens is 1. The van der Waals surface area contributed by atoms with Crippen molar-refractivity contribution in [1.29, 1.82) is 0 Å². The Balaban J connectivity index is 1.17. The molecule has 6 nitrogen and oxygen atoms in total. The smallest absolute Gasteiger partial charge is 0.230 e. The summed E-state index contributed by atoms with van der Waals surface area (Å²) in [6.07, 6.45) is 1.03. The third-order valence-corrected chi connectivity index (χ3v) is 7.22. The molecule has 0 saturated carbocycles. The Morgan fingerprint density at radius 2 is 1.79 bits per heavy atom. The lowest BCUT2D eigenvalue weighted by molar-refractivity contribution is -0.115. The Bertz CT molecular complexity index is 1120. The molecule has 172 valence electrons. The second kappa shape index (κ2) is 9.63. The molecule has 33 heavy (non-hydrogen) atoms. The first kappa shape index (κ1) is 22.1. The number of nitrogens with zero attached hydrogens (tertiary/aromatic N) is 4. The first-order valence-corrected chi connectivity index (χ1v) is 12.4. The summed E-state index contributed by atoms with van der Waals surface area (Å²) >= 11 is 1.53. The van der Waals surface area contributed by atoms with E-state index in [-0.39, 0.29) is 5.91 Å². The van der Waals surface area contributed by atoms with Gasteiger partial charge in [0.2, 0.25) is 5.91 Å². The second-order valence-corrected chi connectivity index (χ2v) is 9.74. The number of benzene rings is 2. The molecule has 1 saturated heterocycles. The van der Waals surface area contributed by atoms with Crippen molar-refractivity contribution < 1.29 is 9.53 Å². The molecule has 0 aliphatic carbocycles. The molecule has 1 aromatic heterocycles. The molecule has 0 atom stereocenters. The molecule has 3 heterocycles. The van der Waals surface area contributed by atoms with Crippen molar-refractivity contribution in [2.45, 2.75) is 33.4 Å². The van der Waals surface area contributed by atoms with Gasteiger partial charge in [0.25, 0.3) is 0 Å². The van der Waals surface area contributed by atoms with Crippen molar-refractivity contribution in [1.82, 2.24) is 14.8 Å². The monoisotopic (exact) mass is 462 g/mol. The van der Waals surface area contributed by atoms with Crippen LogP contribution in [0.2, 0.25) is 0 Å². The number of rotatable bonds is 6. The number of hydrogen-bond donors (Lipinski definition) is 0. The van der Waals surface area contributed by atoms with Crippen LogP contribution in [0.3, 0.4) is 0 Å². The molecule has 0 spiro atoms. The highest BCUT2D eigenvalue weighted by Gasteiger charge is 2.21. The second-order valence-electron chi connectivity index (χ2n) is 8.90. The summed E-state index contributed by atoms with van der Waals surface area (Å²) < 4.78 is 5.63. The lowest BCUT2D eigenvalue weighted by atomic mass is 10.1. The van der Waals surface area contributed by atoms with Gasteiger partial charge in [-0.25, -0.2) is 4.98 Å². The molecule has 2 aliphatic rings. The highest BCUT2D eigenvalue weighted by atomic mass is 32.1. The number of aryl methyl sites for hydroxylation is 1. The maximum absolute atomic E-state index is 12.3. The maximum Gasteiger partial charge on any atom is 0.230 e. The predicted molar refractivity (Wildman–Crippen MR) is 132 cm³/mol. The van der Waals surface area contributed by atoms with Crippen LogP contribution in [0.4, 0.5) is 10.8 Å². The number of ether oxygens (including phenoxy) is 1. The average molecular weight is 463 g/mol. The Morgan fingerprint density at radius 1 is 1.06 bits per heavy atom. The summed E-state index contributed by atoms with van der Waals surface area (Å²) in [6, 6.07) is 14.6. The summed E-state index contributed by atoms with van der Waals surface area (Å²) in [6.45, 7) is 10.4. The molecule has 0 radical (unpaired) electrons. The van der Waals surface area contributed by atoms with Gasteiger partial charge in [-0.05, 0) is 36.2 Å². The van der Waals surface area contributed by atoms with Gasteiger partial charge in [-0.2, -0.15) is 0 Å². The minimum atomic E-state index is -0.0218. The van der Waals surface area contributed by atoms with Crippen molar-refractivity contribution in [3.63, 3.8) is 0 Å². The van der Waals surface area contributed by atoms with E-state index in [1.54, 1.807) is 11.8 Å². The topological polar surface area (TPSA) is 48.9 Å². The summed E-state index contributed by atoms with van der Waals surface area (Å²) in [4.78, 5) is 23.8. The highest BCUT2D eigenvalue weighted by Crippen LogP contribution is 2.30. The van der Waals surface area contributed by atoms with Crippen molar-refractivity contribution in [2.75, 3.05) is 37.7 Å². The zero-order valence-electron chi connectivity index (χ0n) is 19.3. The van der Waals surface area contributed by atoms with E-state index in [1.807, 2.05) is 31.2 Å². The van der Waals surface area contributed by atoms with Gasteiger partial charge in [-0.3, -0.25) is 19.5 Å². The van der Waals surface area contributed by atoms with E-state index in [1.165, 1.54) is 28.0 Å². The predicted octanol–water partition coefficient (Wildman–Crippen LogP) is 4.39. The van der Waals surface area contributed by atoms with Crippen LogP contribution in [0.1, 0.15) is 29.3 Å². The minimum Gasteiger partial charge on any atom is -0.493 e. The van der Waals surface area contributed by atoms with Crippen LogP contribution < -0.4 is 9.64 Å². The summed E-state index contributed by atoms with van der Waals surface area (Å²) in [5.74, 6) is 1.03. The van der Waals surface area contributed by atoms with Crippen molar-refractivity contribution in [2.24, 2.45) is 0 Å². The third-order valence-electron chi connectivity index (χ3n) is 6.35. The summed E-state index contributed by atoms with van der Waals surface area (Å²) in [5, 5.41) is 2.82. The normalized spacial score (nSPS) is 16.4. The molecule has 5 rings (SSSR count). The van der Waals surface area contributed by atoms with E-state index >= 15 is 0 Å². The quantitative estimate of drug-likeness (QED) is 0.544. The summed E-state index contributed by atoms with van der Waals surface area (Å²) in [5.41, 5.74) is 5.78. The molecule has 0 N–H and O–H groups in total. The lowest BCUT2D eigenvalue weighted by Crippen LogP contribution is -2.45. The fourth-order valence-electron chi connectivity index (χ4n) is 4.52. The zero-order chi connectivity index (χ0) is 22.8. The highest BCUT2D eigenvalue weighted by molar-refractivity contribution is 7.14. The van der Waals surface area contributed by atoms with E-state index in [9.17, 15) is 4.79 Å². The number of amides is 1.